The third-order valence-electron chi connectivity index (χ3n) is 2.03. The Labute approximate surface area is 86.9 Å². The SMILES string of the molecule is CNC(=O)c1cc(-c2ccccc2)on1. The van der Waals surface area contributed by atoms with E-state index < -0.39 is 0 Å². The van der Waals surface area contributed by atoms with Crippen LogP contribution in [0.1, 0.15) is 10.5 Å². The van der Waals surface area contributed by atoms with Crippen LogP contribution in [0, 0.1) is 0 Å². The molecule has 15 heavy (non-hydrogen) atoms. The lowest BCUT2D eigenvalue weighted by atomic mass is 10.1. The average molecular weight is 202 g/mol. The van der Waals surface area contributed by atoms with Gasteiger partial charge in [0.25, 0.3) is 5.91 Å². The molecular weight excluding hydrogens is 192 g/mol. The summed E-state index contributed by atoms with van der Waals surface area (Å²) in [5.74, 6) is 0.343. The Bertz CT molecular complexity index is 462. The van der Waals surface area contributed by atoms with Crippen LogP contribution in [-0.2, 0) is 0 Å². The van der Waals surface area contributed by atoms with Crippen LogP contribution < -0.4 is 5.32 Å². The predicted molar refractivity (Wildman–Crippen MR) is 55.3 cm³/mol. The standard InChI is InChI=1S/C11H10N2O2/c1-12-11(14)9-7-10(15-13-9)8-5-3-2-4-6-8/h2-7H,1H3,(H,12,14). The van der Waals surface area contributed by atoms with E-state index in [4.69, 9.17) is 4.52 Å². The number of nitrogens with zero attached hydrogens (tertiary/aromatic N) is 1. The minimum Gasteiger partial charge on any atom is -0.355 e. The molecule has 1 heterocycles. The fraction of sp³-hybridized carbons (Fsp3) is 0.0909. The molecular formula is C11H10N2O2. The summed E-state index contributed by atoms with van der Waals surface area (Å²) in [6.45, 7) is 0. The van der Waals surface area contributed by atoms with Crippen molar-refractivity contribution >= 4 is 5.91 Å². The van der Waals surface area contributed by atoms with Gasteiger partial charge >= 0.3 is 0 Å². The van der Waals surface area contributed by atoms with Crippen LogP contribution >= 0.6 is 0 Å². The molecule has 0 spiro atoms. The number of carbonyl (C=O) groups is 1. The van der Waals surface area contributed by atoms with Gasteiger partial charge in [0.1, 0.15) is 0 Å². The first kappa shape index (κ1) is 9.45. The number of aromatic nitrogens is 1. The molecule has 0 atom stereocenters. The van der Waals surface area contributed by atoms with Crippen molar-refractivity contribution in [2.75, 3.05) is 7.05 Å². The maximum Gasteiger partial charge on any atom is 0.273 e. The second kappa shape index (κ2) is 3.96. The molecule has 76 valence electrons. The van der Waals surface area contributed by atoms with Crippen molar-refractivity contribution in [1.29, 1.82) is 0 Å². The number of hydrogen-bond acceptors (Lipinski definition) is 3. The van der Waals surface area contributed by atoms with E-state index in [9.17, 15) is 4.79 Å². The minimum absolute atomic E-state index is 0.249. The molecule has 0 aliphatic heterocycles. The van der Waals surface area contributed by atoms with E-state index in [1.54, 1.807) is 13.1 Å². The molecule has 1 N–H and O–H groups in total. The van der Waals surface area contributed by atoms with Gasteiger partial charge in [0.2, 0.25) is 0 Å². The lowest BCUT2D eigenvalue weighted by Crippen LogP contribution is -2.17. The van der Waals surface area contributed by atoms with Crippen LogP contribution in [0.4, 0.5) is 0 Å². The van der Waals surface area contributed by atoms with Crippen molar-refractivity contribution in [2.24, 2.45) is 0 Å². The quantitative estimate of drug-likeness (QED) is 0.806. The van der Waals surface area contributed by atoms with Crippen molar-refractivity contribution in [1.82, 2.24) is 10.5 Å². The molecule has 1 amide bonds. The zero-order valence-corrected chi connectivity index (χ0v) is 8.23. The monoisotopic (exact) mass is 202 g/mol. The second-order valence-electron chi connectivity index (χ2n) is 3.02. The molecule has 0 aliphatic rings. The number of nitrogens with one attached hydrogen (secondary N) is 1. The van der Waals surface area contributed by atoms with E-state index in [1.165, 1.54) is 0 Å². The fourth-order valence-corrected chi connectivity index (χ4v) is 1.25. The molecule has 1 aromatic carbocycles. The van der Waals surface area contributed by atoms with Crippen molar-refractivity contribution in [3.8, 4) is 11.3 Å². The highest BCUT2D eigenvalue weighted by Gasteiger charge is 2.11. The lowest BCUT2D eigenvalue weighted by Gasteiger charge is -1.91. The smallest absolute Gasteiger partial charge is 0.273 e. The van der Waals surface area contributed by atoms with Gasteiger partial charge in [0, 0.05) is 18.7 Å². The van der Waals surface area contributed by atoms with Gasteiger partial charge in [-0.1, -0.05) is 35.5 Å². The minimum atomic E-state index is -0.249. The predicted octanol–water partition coefficient (Wildman–Crippen LogP) is 1.70. The van der Waals surface area contributed by atoms with Crippen molar-refractivity contribution in [3.05, 3.63) is 42.1 Å². The number of amides is 1. The van der Waals surface area contributed by atoms with Crippen molar-refractivity contribution < 1.29 is 9.32 Å². The van der Waals surface area contributed by atoms with Crippen molar-refractivity contribution in [3.63, 3.8) is 0 Å². The van der Waals surface area contributed by atoms with Gasteiger partial charge in [-0.05, 0) is 0 Å². The maximum atomic E-state index is 11.2. The van der Waals surface area contributed by atoms with Gasteiger partial charge < -0.3 is 9.84 Å². The molecule has 2 aromatic rings. The van der Waals surface area contributed by atoms with Crippen molar-refractivity contribution in [2.45, 2.75) is 0 Å². The summed E-state index contributed by atoms with van der Waals surface area (Å²) in [7, 11) is 1.55. The zero-order chi connectivity index (χ0) is 10.7. The average Bonchev–Trinajstić information content (AvgIpc) is 2.78. The van der Waals surface area contributed by atoms with Gasteiger partial charge in [0.05, 0.1) is 0 Å². The Hall–Kier alpha value is -2.10. The number of rotatable bonds is 2. The molecule has 0 fully saturated rings. The molecule has 0 bridgehead atoms. The lowest BCUT2D eigenvalue weighted by molar-refractivity contribution is 0.0954. The van der Waals surface area contributed by atoms with E-state index in [0.717, 1.165) is 5.56 Å². The Morgan fingerprint density at radius 1 is 1.33 bits per heavy atom. The first-order valence-electron chi connectivity index (χ1n) is 4.55. The van der Waals surface area contributed by atoms with Crippen LogP contribution in [0.3, 0.4) is 0 Å². The summed E-state index contributed by atoms with van der Waals surface area (Å²) in [5, 5.41) is 6.16. The van der Waals surface area contributed by atoms with Crippen LogP contribution in [0.2, 0.25) is 0 Å². The molecule has 4 heteroatoms. The summed E-state index contributed by atoms with van der Waals surface area (Å²) in [6.07, 6.45) is 0. The van der Waals surface area contributed by atoms with E-state index >= 15 is 0 Å². The fourth-order valence-electron chi connectivity index (χ4n) is 1.25. The topological polar surface area (TPSA) is 55.1 Å². The van der Waals surface area contributed by atoms with E-state index in [2.05, 4.69) is 10.5 Å². The van der Waals surface area contributed by atoms with Gasteiger partial charge in [0.15, 0.2) is 11.5 Å². The molecule has 2 rings (SSSR count). The van der Waals surface area contributed by atoms with E-state index in [0.29, 0.717) is 5.76 Å². The number of benzene rings is 1. The third-order valence-corrected chi connectivity index (χ3v) is 2.03. The molecule has 0 unspecified atom stereocenters. The van der Waals surface area contributed by atoms with E-state index in [-0.39, 0.29) is 11.6 Å². The molecule has 0 radical (unpaired) electrons. The Kier molecular flexibility index (Phi) is 2.49. The molecule has 0 aliphatic carbocycles. The summed E-state index contributed by atoms with van der Waals surface area (Å²) >= 11 is 0. The van der Waals surface area contributed by atoms with Gasteiger partial charge in [-0.15, -0.1) is 0 Å². The van der Waals surface area contributed by atoms with Crippen LogP contribution in [0.25, 0.3) is 11.3 Å². The first-order valence-corrected chi connectivity index (χ1v) is 4.55. The third kappa shape index (κ3) is 1.88. The molecule has 4 nitrogen and oxygen atoms in total. The van der Waals surface area contributed by atoms with Crippen LogP contribution in [-0.4, -0.2) is 18.1 Å². The maximum absolute atomic E-state index is 11.2. The summed E-state index contributed by atoms with van der Waals surface area (Å²) < 4.78 is 5.06. The zero-order valence-electron chi connectivity index (χ0n) is 8.23. The molecule has 1 aromatic heterocycles. The van der Waals surface area contributed by atoms with Crippen LogP contribution in [0.15, 0.2) is 40.9 Å². The molecule has 0 saturated heterocycles. The summed E-state index contributed by atoms with van der Waals surface area (Å²) in [5.41, 5.74) is 1.19. The second-order valence-corrected chi connectivity index (χ2v) is 3.02. The Balaban J connectivity index is 2.32. The van der Waals surface area contributed by atoms with Gasteiger partial charge in [-0.2, -0.15) is 0 Å². The highest BCUT2D eigenvalue weighted by Crippen LogP contribution is 2.19. The summed E-state index contributed by atoms with van der Waals surface area (Å²) in [4.78, 5) is 11.2. The van der Waals surface area contributed by atoms with Crippen LogP contribution in [0.5, 0.6) is 0 Å². The number of hydrogen-bond donors (Lipinski definition) is 1. The normalized spacial score (nSPS) is 9.93. The Morgan fingerprint density at radius 3 is 2.73 bits per heavy atom. The largest absolute Gasteiger partial charge is 0.355 e. The van der Waals surface area contributed by atoms with E-state index in [1.807, 2.05) is 30.3 Å². The molecule has 0 saturated carbocycles. The highest BCUT2D eigenvalue weighted by atomic mass is 16.5. The highest BCUT2D eigenvalue weighted by molar-refractivity contribution is 5.92. The van der Waals surface area contributed by atoms with Gasteiger partial charge in [-0.25, -0.2) is 0 Å². The first-order chi connectivity index (χ1) is 7.31. The summed E-state index contributed by atoms with van der Waals surface area (Å²) in [6, 6.07) is 11.1. The van der Waals surface area contributed by atoms with Gasteiger partial charge in [-0.3, -0.25) is 4.79 Å². The number of carbonyl (C=O) groups excluding carboxylic acids is 1. The Morgan fingerprint density at radius 2 is 2.07 bits per heavy atom.